The molecule has 0 atom stereocenters. The lowest BCUT2D eigenvalue weighted by molar-refractivity contribution is 1.06. The molecular formula is C15H16N2. The van der Waals surface area contributed by atoms with Crippen LogP contribution in [0.25, 0.3) is 11.3 Å². The molecule has 0 saturated carbocycles. The molecule has 0 fully saturated rings. The lowest BCUT2D eigenvalue weighted by Gasteiger charge is -2.10. The van der Waals surface area contributed by atoms with Gasteiger partial charge in [0.2, 0.25) is 0 Å². The van der Waals surface area contributed by atoms with Crippen LogP contribution in [0.2, 0.25) is 0 Å². The third-order valence-electron chi connectivity index (χ3n) is 3.94. The fourth-order valence-electron chi connectivity index (χ4n) is 2.66. The lowest BCUT2D eigenvalue weighted by Crippen LogP contribution is -1.98. The molecule has 2 nitrogen and oxygen atoms in total. The zero-order valence-corrected chi connectivity index (χ0v) is 10.8. The standard InChI is InChI=1S/C15H16N2/c1-8-5-6-16-13-7-12-10(3)9(2)11(4)17-15(12)14(8)13/h5-6H,7H2,1-4H3. The molecule has 86 valence electrons. The summed E-state index contributed by atoms with van der Waals surface area (Å²) in [4.78, 5) is 9.27. The van der Waals surface area contributed by atoms with Gasteiger partial charge in [-0.2, -0.15) is 0 Å². The second kappa shape index (κ2) is 3.39. The van der Waals surface area contributed by atoms with E-state index in [4.69, 9.17) is 4.98 Å². The zero-order chi connectivity index (χ0) is 12.2. The van der Waals surface area contributed by atoms with E-state index in [9.17, 15) is 0 Å². The van der Waals surface area contributed by atoms with Crippen molar-refractivity contribution in [1.29, 1.82) is 0 Å². The van der Waals surface area contributed by atoms with Crippen molar-refractivity contribution in [3.8, 4) is 11.3 Å². The highest BCUT2D eigenvalue weighted by atomic mass is 14.8. The summed E-state index contributed by atoms with van der Waals surface area (Å²) in [6, 6.07) is 2.07. The first kappa shape index (κ1) is 10.5. The first-order valence-corrected chi connectivity index (χ1v) is 6.01. The number of aromatic nitrogens is 2. The Kier molecular flexibility index (Phi) is 2.09. The minimum absolute atomic E-state index is 0.937. The second-order valence-corrected chi connectivity index (χ2v) is 4.90. The summed E-state index contributed by atoms with van der Waals surface area (Å²) in [5, 5.41) is 0. The molecule has 0 saturated heterocycles. The Balaban J connectivity index is 2.37. The number of hydrogen-bond donors (Lipinski definition) is 0. The lowest BCUT2D eigenvalue weighted by atomic mass is 10.0. The Morgan fingerprint density at radius 1 is 1.06 bits per heavy atom. The maximum atomic E-state index is 4.78. The molecular weight excluding hydrogens is 208 g/mol. The Hall–Kier alpha value is -1.70. The molecule has 2 aromatic rings. The van der Waals surface area contributed by atoms with Crippen molar-refractivity contribution in [2.75, 3.05) is 0 Å². The highest BCUT2D eigenvalue weighted by Crippen LogP contribution is 2.38. The van der Waals surface area contributed by atoms with Crippen LogP contribution in [0.5, 0.6) is 0 Å². The molecule has 0 bridgehead atoms. The summed E-state index contributed by atoms with van der Waals surface area (Å²) in [7, 11) is 0. The molecule has 0 spiro atoms. The van der Waals surface area contributed by atoms with Crippen molar-refractivity contribution >= 4 is 0 Å². The summed E-state index contributed by atoms with van der Waals surface area (Å²) in [6.07, 6.45) is 2.83. The fraction of sp³-hybridized carbons (Fsp3) is 0.333. The van der Waals surface area contributed by atoms with Crippen LogP contribution in [-0.2, 0) is 6.42 Å². The van der Waals surface area contributed by atoms with Gasteiger partial charge in [-0.05, 0) is 56.0 Å². The highest BCUT2D eigenvalue weighted by Gasteiger charge is 2.25. The molecule has 2 aromatic heterocycles. The third-order valence-corrected chi connectivity index (χ3v) is 3.94. The highest BCUT2D eigenvalue weighted by molar-refractivity contribution is 5.76. The summed E-state index contributed by atoms with van der Waals surface area (Å²) < 4.78 is 0. The van der Waals surface area contributed by atoms with E-state index in [1.54, 1.807) is 0 Å². The van der Waals surface area contributed by atoms with Crippen LogP contribution in [0, 0.1) is 27.7 Å². The van der Waals surface area contributed by atoms with Crippen LogP contribution in [0.1, 0.15) is 33.6 Å². The van der Waals surface area contributed by atoms with Crippen molar-refractivity contribution in [3.05, 3.63) is 45.9 Å². The maximum Gasteiger partial charge on any atom is 0.0765 e. The molecule has 0 unspecified atom stereocenters. The molecule has 3 rings (SSSR count). The molecule has 0 N–H and O–H groups in total. The van der Waals surface area contributed by atoms with Gasteiger partial charge in [0.15, 0.2) is 0 Å². The maximum absolute atomic E-state index is 4.78. The number of rotatable bonds is 0. The minimum Gasteiger partial charge on any atom is -0.260 e. The number of nitrogens with zero attached hydrogens (tertiary/aromatic N) is 2. The van der Waals surface area contributed by atoms with E-state index in [1.165, 1.54) is 33.5 Å². The summed E-state index contributed by atoms with van der Waals surface area (Å²) >= 11 is 0. The van der Waals surface area contributed by atoms with E-state index in [1.807, 2.05) is 6.20 Å². The Labute approximate surface area is 102 Å². The van der Waals surface area contributed by atoms with E-state index in [-0.39, 0.29) is 0 Å². The Morgan fingerprint density at radius 2 is 1.82 bits per heavy atom. The van der Waals surface area contributed by atoms with Crippen molar-refractivity contribution < 1.29 is 0 Å². The SMILES string of the molecule is Cc1ccnc2c1-c1nc(C)c(C)c(C)c1C2. The Morgan fingerprint density at radius 3 is 2.59 bits per heavy atom. The number of hydrogen-bond acceptors (Lipinski definition) is 2. The quantitative estimate of drug-likeness (QED) is 0.585. The van der Waals surface area contributed by atoms with Crippen LogP contribution in [0.15, 0.2) is 12.3 Å². The largest absolute Gasteiger partial charge is 0.260 e. The zero-order valence-electron chi connectivity index (χ0n) is 10.8. The van der Waals surface area contributed by atoms with Crippen LogP contribution in [-0.4, -0.2) is 9.97 Å². The number of aryl methyl sites for hydroxylation is 2. The van der Waals surface area contributed by atoms with E-state index >= 15 is 0 Å². The average Bonchev–Trinajstić information content (AvgIpc) is 2.66. The molecule has 0 aromatic carbocycles. The van der Waals surface area contributed by atoms with Crippen LogP contribution in [0.3, 0.4) is 0 Å². The summed E-state index contributed by atoms with van der Waals surface area (Å²) in [6.45, 7) is 8.58. The van der Waals surface area contributed by atoms with Gasteiger partial charge in [0.1, 0.15) is 0 Å². The topological polar surface area (TPSA) is 25.8 Å². The normalized spacial score (nSPS) is 12.5. The van der Waals surface area contributed by atoms with E-state index in [2.05, 4.69) is 38.7 Å². The van der Waals surface area contributed by atoms with Gasteiger partial charge in [0.05, 0.1) is 11.4 Å². The predicted molar refractivity (Wildman–Crippen MR) is 69.2 cm³/mol. The van der Waals surface area contributed by atoms with Gasteiger partial charge < -0.3 is 0 Å². The summed E-state index contributed by atoms with van der Waals surface area (Å²) in [5.41, 5.74) is 10.1. The average molecular weight is 224 g/mol. The molecule has 2 heterocycles. The number of pyridine rings is 2. The first-order valence-electron chi connectivity index (χ1n) is 6.01. The number of fused-ring (bicyclic) bond motifs is 3. The fourth-order valence-corrected chi connectivity index (χ4v) is 2.66. The van der Waals surface area contributed by atoms with Gasteiger partial charge in [-0.1, -0.05) is 0 Å². The molecule has 0 aliphatic heterocycles. The van der Waals surface area contributed by atoms with Gasteiger partial charge >= 0.3 is 0 Å². The predicted octanol–water partition coefficient (Wildman–Crippen LogP) is 3.28. The molecule has 2 heteroatoms. The van der Waals surface area contributed by atoms with E-state index in [0.717, 1.165) is 17.8 Å². The third kappa shape index (κ3) is 1.33. The second-order valence-electron chi connectivity index (χ2n) is 4.90. The molecule has 0 amide bonds. The van der Waals surface area contributed by atoms with Crippen molar-refractivity contribution in [1.82, 2.24) is 9.97 Å². The first-order chi connectivity index (χ1) is 8.09. The van der Waals surface area contributed by atoms with Crippen molar-refractivity contribution in [3.63, 3.8) is 0 Å². The van der Waals surface area contributed by atoms with Gasteiger partial charge in [-0.25, -0.2) is 0 Å². The van der Waals surface area contributed by atoms with Crippen molar-refractivity contribution in [2.45, 2.75) is 34.1 Å². The van der Waals surface area contributed by atoms with Crippen LogP contribution >= 0.6 is 0 Å². The van der Waals surface area contributed by atoms with E-state index < -0.39 is 0 Å². The van der Waals surface area contributed by atoms with Crippen LogP contribution < -0.4 is 0 Å². The van der Waals surface area contributed by atoms with E-state index in [0.29, 0.717) is 0 Å². The molecule has 1 aliphatic carbocycles. The van der Waals surface area contributed by atoms with Gasteiger partial charge in [0.25, 0.3) is 0 Å². The van der Waals surface area contributed by atoms with Crippen molar-refractivity contribution in [2.24, 2.45) is 0 Å². The molecule has 0 radical (unpaired) electrons. The van der Waals surface area contributed by atoms with Gasteiger partial charge in [0, 0.05) is 23.9 Å². The monoisotopic (exact) mass is 224 g/mol. The van der Waals surface area contributed by atoms with Gasteiger partial charge in [-0.15, -0.1) is 0 Å². The van der Waals surface area contributed by atoms with Gasteiger partial charge in [-0.3, -0.25) is 9.97 Å². The molecule has 17 heavy (non-hydrogen) atoms. The molecule has 1 aliphatic rings. The minimum atomic E-state index is 0.937. The Bertz CT molecular complexity index is 627. The summed E-state index contributed by atoms with van der Waals surface area (Å²) in [5.74, 6) is 0. The smallest absolute Gasteiger partial charge is 0.0765 e. The van der Waals surface area contributed by atoms with Crippen LogP contribution in [0.4, 0.5) is 0 Å².